The smallest absolute Gasteiger partial charge is 0.227 e. The summed E-state index contributed by atoms with van der Waals surface area (Å²) < 4.78 is 36.6. The number of hydrogen-bond acceptors (Lipinski definition) is 7. The third kappa shape index (κ3) is 7.38. The van der Waals surface area contributed by atoms with Crippen molar-refractivity contribution < 1.29 is 17.6 Å². The van der Waals surface area contributed by atoms with Crippen LogP contribution >= 0.6 is 0 Å². The van der Waals surface area contributed by atoms with Crippen molar-refractivity contribution in [2.75, 3.05) is 11.6 Å². The van der Waals surface area contributed by atoms with Crippen LogP contribution in [0.15, 0.2) is 42.6 Å². The molecule has 1 aliphatic rings. The van der Waals surface area contributed by atoms with Crippen molar-refractivity contribution >= 4 is 40.7 Å². The minimum atomic E-state index is -3.14. The summed E-state index contributed by atoms with van der Waals surface area (Å²) in [6.45, 7) is 11.4. The molecule has 1 heterocycles. The molecule has 1 aliphatic carbocycles. The number of rotatable bonds is 8. The molecule has 1 aromatic heterocycles. The van der Waals surface area contributed by atoms with Crippen molar-refractivity contribution in [2.45, 2.75) is 82.5 Å². The van der Waals surface area contributed by atoms with Gasteiger partial charge in [0.2, 0.25) is 5.95 Å². The lowest BCUT2D eigenvalue weighted by Gasteiger charge is -2.41. The number of terminal acetylenes is 1. The van der Waals surface area contributed by atoms with E-state index >= 15 is 0 Å². The van der Waals surface area contributed by atoms with Crippen molar-refractivity contribution in [3.05, 3.63) is 53.7 Å². The van der Waals surface area contributed by atoms with Crippen LogP contribution in [0.3, 0.4) is 0 Å². The molecule has 1 N–H and O–H groups in total. The number of ether oxygens (including phenoxy) is 1. The Morgan fingerprint density at radius 3 is 2.44 bits per heavy atom. The molecule has 0 unspecified atom stereocenters. The average Bonchev–Trinajstić information content (AvgIpc) is 2.84. The summed E-state index contributed by atoms with van der Waals surface area (Å²) in [4.78, 5) is 9.21. The van der Waals surface area contributed by atoms with Gasteiger partial charge in [0.25, 0.3) is 0 Å². The first kappa shape index (κ1) is 29.1. The van der Waals surface area contributed by atoms with Crippen LogP contribution in [0.1, 0.15) is 57.6 Å². The summed E-state index contributed by atoms with van der Waals surface area (Å²) in [5, 5.41) is 4.21. The van der Waals surface area contributed by atoms with Crippen molar-refractivity contribution in [1.82, 2.24) is 9.97 Å². The molecule has 1 saturated carbocycles. The highest BCUT2D eigenvalue weighted by Gasteiger charge is 2.40. The quantitative estimate of drug-likeness (QED) is 0.243. The van der Waals surface area contributed by atoms with Gasteiger partial charge in [-0.15, -0.1) is 6.42 Å². The van der Waals surface area contributed by atoms with Gasteiger partial charge in [0.15, 0.2) is 23.9 Å². The largest absolute Gasteiger partial charge is 0.487 e. The van der Waals surface area contributed by atoms with Crippen LogP contribution in [-0.4, -0.2) is 45.2 Å². The second-order valence-electron chi connectivity index (χ2n) is 12.0. The van der Waals surface area contributed by atoms with E-state index in [0.717, 1.165) is 31.1 Å². The molecule has 2 aromatic carbocycles. The number of sulfone groups is 1. The van der Waals surface area contributed by atoms with E-state index in [9.17, 15) is 8.42 Å². The highest BCUT2D eigenvalue weighted by Crippen LogP contribution is 2.40. The summed E-state index contributed by atoms with van der Waals surface area (Å²) in [5.74, 6) is 3.69. The van der Waals surface area contributed by atoms with E-state index in [0.29, 0.717) is 34.0 Å². The number of aromatic nitrogens is 2. The van der Waals surface area contributed by atoms with E-state index in [1.165, 1.54) is 6.26 Å². The maximum Gasteiger partial charge on any atom is 0.227 e. The second-order valence-corrected chi connectivity index (χ2v) is 18.9. The zero-order valence-electron chi connectivity index (χ0n) is 23.7. The highest BCUT2D eigenvalue weighted by molar-refractivity contribution is 7.89. The Labute approximate surface area is 233 Å². The highest BCUT2D eigenvalue weighted by atomic mass is 32.2. The van der Waals surface area contributed by atoms with Crippen LogP contribution in [0.25, 0.3) is 10.9 Å². The van der Waals surface area contributed by atoms with Crippen molar-refractivity contribution in [2.24, 2.45) is 0 Å². The zero-order valence-corrected chi connectivity index (χ0v) is 25.6. The number of nitrogens with one attached hydrogen (secondary N) is 1. The van der Waals surface area contributed by atoms with Gasteiger partial charge in [-0.25, -0.2) is 18.4 Å². The number of anilines is 2. The average molecular weight is 566 g/mol. The van der Waals surface area contributed by atoms with Crippen LogP contribution in [-0.2, 0) is 20.0 Å². The van der Waals surface area contributed by atoms with E-state index in [1.807, 2.05) is 18.2 Å². The van der Waals surface area contributed by atoms with E-state index in [1.54, 1.807) is 24.4 Å². The Morgan fingerprint density at radius 2 is 1.79 bits per heavy atom. The van der Waals surface area contributed by atoms with E-state index in [4.69, 9.17) is 20.6 Å². The van der Waals surface area contributed by atoms with E-state index in [2.05, 4.69) is 50.1 Å². The maximum absolute atomic E-state index is 11.7. The molecular formula is C30H39N3O4SSi. The fraction of sp³-hybridized carbons (Fsp3) is 0.467. The van der Waals surface area contributed by atoms with Gasteiger partial charge in [0, 0.05) is 29.6 Å². The molecule has 39 heavy (non-hydrogen) atoms. The Morgan fingerprint density at radius 1 is 1.10 bits per heavy atom. The molecule has 0 aliphatic heterocycles. The molecule has 0 spiro atoms. The lowest BCUT2D eigenvalue weighted by molar-refractivity contribution is 0.0731. The molecular weight excluding hydrogens is 527 g/mol. The SMILES string of the molecule is C#Cc1ccc2cnc(Nc3cccc(CS(C)(=O)=O)c3)nc2c1O[C@H]1CC[C@@H](O[Si](C)(C)C(C)(C)C)CC1. The molecule has 9 heteroatoms. The Balaban J connectivity index is 1.52. The monoisotopic (exact) mass is 565 g/mol. The summed E-state index contributed by atoms with van der Waals surface area (Å²) in [5.41, 5.74) is 2.69. The first-order valence-corrected chi connectivity index (χ1v) is 18.4. The lowest BCUT2D eigenvalue weighted by Crippen LogP contribution is -2.45. The van der Waals surface area contributed by atoms with Gasteiger partial charge in [-0.2, -0.15) is 0 Å². The van der Waals surface area contributed by atoms with Gasteiger partial charge in [0.1, 0.15) is 5.52 Å². The molecule has 0 bridgehead atoms. The fourth-order valence-electron chi connectivity index (χ4n) is 4.56. The first-order chi connectivity index (χ1) is 18.2. The van der Waals surface area contributed by atoms with Crippen molar-refractivity contribution in [3.8, 4) is 18.1 Å². The van der Waals surface area contributed by atoms with Gasteiger partial charge in [-0.3, -0.25) is 0 Å². The topological polar surface area (TPSA) is 90.4 Å². The standard InChI is InChI=1S/C30H39N3O4SSi/c1-8-22-12-13-23-19-31-29(32-24-11-9-10-21(18-24)20-38(5,34)35)33-27(23)28(22)36-25-14-16-26(17-15-25)37-39(6,7)30(2,3)4/h1,9-13,18-19,25-26H,14-17,20H2,2-7H3,(H,31,32,33)/t25-,26+. The number of hydrogen-bond donors (Lipinski definition) is 1. The molecule has 0 radical (unpaired) electrons. The van der Waals surface area contributed by atoms with E-state index < -0.39 is 18.2 Å². The van der Waals surface area contributed by atoms with E-state index in [-0.39, 0.29) is 23.0 Å². The minimum Gasteiger partial charge on any atom is -0.487 e. The predicted molar refractivity (Wildman–Crippen MR) is 161 cm³/mol. The van der Waals surface area contributed by atoms with Crippen molar-refractivity contribution in [1.29, 1.82) is 0 Å². The molecule has 0 saturated heterocycles. The van der Waals surface area contributed by atoms with Crippen LogP contribution in [0.4, 0.5) is 11.6 Å². The van der Waals surface area contributed by atoms with Crippen LogP contribution in [0.5, 0.6) is 5.75 Å². The molecule has 4 rings (SSSR count). The van der Waals surface area contributed by atoms with Gasteiger partial charge >= 0.3 is 0 Å². The first-order valence-electron chi connectivity index (χ1n) is 13.4. The van der Waals surface area contributed by atoms with Crippen LogP contribution < -0.4 is 10.1 Å². The molecule has 0 atom stereocenters. The van der Waals surface area contributed by atoms with Crippen LogP contribution in [0, 0.1) is 12.3 Å². The molecule has 0 amide bonds. The summed E-state index contributed by atoms with van der Waals surface area (Å²) in [7, 11) is -4.96. The molecule has 208 valence electrons. The zero-order chi connectivity index (χ0) is 28.4. The molecule has 7 nitrogen and oxygen atoms in total. The maximum atomic E-state index is 11.7. The lowest BCUT2D eigenvalue weighted by atomic mass is 9.95. The van der Waals surface area contributed by atoms with Crippen LogP contribution in [0.2, 0.25) is 18.1 Å². The normalized spacial score (nSPS) is 18.5. The fourth-order valence-corrected chi connectivity index (χ4v) is 6.77. The number of nitrogens with zero attached hydrogens (tertiary/aromatic N) is 2. The summed E-state index contributed by atoms with van der Waals surface area (Å²) in [6, 6.07) is 11.0. The summed E-state index contributed by atoms with van der Waals surface area (Å²) in [6.07, 6.45) is 12.8. The predicted octanol–water partition coefficient (Wildman–Crippen LogP) is 6.61. The van der Waals surface area contributed by atoms with Gasteiger partial charge in [-0.1, -0.05) is 38.8 Å². The third-order valence-electron chi connectivity index (χ3n) is 7.65. The number of benzene rings is 2. The van der Waals surface area contributed by atoms with Gasteiger partial charge in [0.05, 0.1) is 17.4 Å². The summed E-state index contributed by atoms with van der Waals surface area (Å²) >= 11 is 0. The minimum absolute atomic E-state index is 0.0287. The Hall–Kier alpha value is -2.93. The number of fused-ring (bicyclic) bond motifs is 1. The molecule has 3 aromatic rings. The Bertz CT molecular complexity index is 1480. The third-order valence-corrected chi connectivity index (χ3v) is 13.0. The van der Waals surface area contributed by atoms with Gasteiger partial charge < -0.3 is 14.5 Å². The van der Waals surface area contributed by atoms with Crippen molar-refractivity contribution in [3.63, 3.8) is 0 Å². The Kier molecular flexibility index (Phi) is 8.40. The van der Waals surface area contributed by atoms with Gasteiger partial charge in [-0.05, 0) is 73.6 Å². The second kappa shape index (κ2) is 11.3. The molecule has 1 fully saturated rings.